The number of aromatic nitrogens is 1. The van der Waals surface area contributed by atoms with Crippen LogP contribution in [0.5, 0.6) is 0 Å². The SMILES string of the molecule is CC(=O)OC(C#N)c1ccccn1. The van der Waals surface area contributed by atoms with Crippen molar-refractivity contribution in [3.8, 4) is 6.07 Å². The Labute approximate surface area is 75.8 Å². The van der Waals surface area contributed by atoms with Gasteiger partial charge in [-0.1, -0.05) is 6.07 Å². The number of hydrogen-bond donors (Lipinski definition) is 0. The quantitative estimate of drug-likeness (QED) is 0.635. The van der Waals surface area contributed by atoms with Crippen molar-refractivity contribution in [2.24, 2.45) is 0 Å². The average molecular weight is 176 g/mol. The Morgan fingerprint density at radius 1 is 1.69 bits per heavy atom. The maximum Gasteiger partial charge on any atom is 0.304 e. The Balaban J connectivity index is 2.80. The number of nitrogens with zero attached hydrogens (tertiary/aromatic N) is 2. The molecule has 0 radical (unpaired) electrons. The molecule has 1 heterocycles. The number of esters is 1. The van der Waals surface area contributed by atoms with E-state index in [4.69, 9.17) is 10.00 Å². The molecule has 66 valence electrons. The van der Waals surface area contributed by atoms with Crippen molar-refractivity contribution >= 4 is 5.97 Å². The molecule has 0 aliphatic rings. The van der Waals surface area contributed by atoms with E-state index >= 15 is 0 Å². The normalized spacial score (nSPS) is 11.4. The van der Waals surface area contributed by atoms with Crippen LogP contribution in [0.4, 0.5) is 0 Å². The molecule has 1 unspecified atom stereocenters. The van der Waals surface area contributed by atoms with Gasteiger partial charge in [0.1, 0.15) is 6.07 Å². The zero-order valence-electron chi connectivity index (χ0n) is 7.10. The minimum absolute atomic E-state index is 0.445. The molecule has 0 amide bonds. The Hall–Kier alpha value is -1.89. The molecule has 13 heavy (non-hydrogen) atoms. The van der Waals surface area contributed by atoms with Crippen molar-refractivity contribution < 1.29 is 9.53 Å². The smallest absolute Gasteiger partial charge is 0.304 e. The fourth-order valence-electron chi connectivity index (χ4n) is 0.850. The third-order valence-corrected chi connectivity index (χ3v) is 1.36. The first-order valence-electron chi connectivity index (χ1n) is 3.72. The van der Waals surface area contributed by atoms with Crippen molar-refractivity contribution in [3.63, 3.8) is 0 Å². The van der Waals surface area contributed by atoms with E-state index in [1.807, 2.05) is 6.07 Å². The summed E-state index contributed by atoms with van der Waals surface area (Å²) in [7, 11) is 0. The Morgan fingerprint density at radius 2 is 2.46 bits per heavy atom. The molecule has 1 rings (SSSR count). The Kier molecular flexibility index (Phi) is 2.98. The molecule has 0 aliphatic heterocycles. The number of carbonyl (C=O) groups is 1. The highest BCUT2D eigenvalue weighted by Gasteiger charge is 2.13. The van der Waals surface area contributed by atoms with Crippen LogP contribution < -0.4 is 0 Å². The lowest BCUT2D eigenvalue weighted by Crippen LogP contribution is -2.07. The minimum Gasteiger partial charge on any atom is -0.440 e. The van der Waals surface area contributed by atoms with Crippen LogP contribution in [-0.2, 0) is 9.53 Å². The Morgan fingerprint density at radius 3 is 2.92 bits per heavy atom. The average Bonchev–Trinajstić information content (AvgIpc) is 2.15. The predicted octanol–water partition coefficient (Wildman–Crippen LogP) is 1.21. The molecule has 0 spiro atoms. The first kappa shape index (κ1) is 9.20. The highest BCUT2D eigenvalue weighted by Crippen LogP contribution is 2.12. The molecule has 0 fully saturated rings. The van der Waals surface area contributed by atoms with Gasteiger partial charge in [0.05, 0.1) is 5.69 Å². The molecule has 1 aromatic heterocycles. The molecule has 0 N–H and O–H groups in total. The lowest BCUT2D eigenvalue weighted by Gasteiger charge is -2.07. The van der Waals surface area contributed by atoms with Gasteiger partial charge in [-0.05, 0) is 12.1 Å². The van der Waals surface area contributed by atoms with Crippen LogP contribution in [0, 0.1) is 11.3 Å². The van der Waals surface area contributed by atoms with E-state index in [0.29, 0.717) is 5.69 Å². The molecule has 4 heteroatoms. The number of nitriles is 1. The lowest BCUT2D eigenvalue weighted by atomic mass is 10.2. The minimum atomic E-state index is -0.904. The standard InChI is InChI=1S/C9H8N2O2/c1-7(12)13-9(6-10)8-4-2-3-5-11-8/h2-5,9H,1H3. The van der Waals surface area contributed by atoms with Gasteiger partial charge in [0.25, 0.3) is 0 Å². The van der Waals surface area contributed by atoms with Crippen molar-refractivity contribution in [1.82, 2.24) is 4.98 Å². The third kappa shape index (κ3) is 2.56. The van der Waals surface area contributed by atoms with Gasteiger partial charge in [-0.15, -0.1) is 0 Å². The molecule has 0 aromatic carbocycles. The Bertz CT molecular complexity index is 329. The first-order valence-corrected chi connectivity index (χ1v) is 3.72. The topological polar surface area (TPSA) is 63.0 Å². The summed E-state index contributed by atoms with van der Waals surface area (Å²) in [4.78, 5) is 14.5. The summed E-state index contributed by atoms with van der Waals surface area (Å²) in [6.45, 7) is 1.26. The van der Waals surface area contributed by atoms with E-state index in [2.05, 4.69) is 4.98 Å². The monoisotopic (exact) mass is 176 g/mol. The van der Waals surface area contributed by atoms with Crippen LogP contribution in [0.25, 0.3) is 0 Å². The van der Waals surface area contributed by atoms with E-state index in [0.717, 1.165) is 0 Å². The van der Waals surface area contributed by atoms with Gasteiger partial charge in [0.2, 0.25) is 6.10 Å². The summed E-state index contributed by atoms with van der Waals surface area (Å²) < 4.78 is 4.72. The molecular formula is C9H8N2O2. The third-order valence-electron chi connectivity index (χ3n) is 1.36. The predicted molar refractivity (Wildman–Crippen MR) is 44.4 cm³/mol. The molecule has 4 nitrogen and oxygen atoms in total. The van der Waals surface area contributed by atoms with Crippen molar-refractivity contribution in [2.75, 3.05) is 0 Å². The number of pyridine rings is 1. The van der Waals surface area contributed by atoms with Crippen LogP contribution in [0.1, 0.15) is 18.7 Å². The number of rotatable bonds is 2. The molecule has 0 bridgehead atoms. The van der Waals surface area contributed by atoms with Gasteiger partial charge in [0, 0.05) is 13.1 Å². The maximum atomic E-state index is 10.6. The van der Waals surface area contributed by atoms with Crippen molar-refractivity contribution in [1.29, 1.82) is 5.26 Å². The largest absolute Gasteiger partial charge is 0.440 e. The van der Waals surface area contributed by atoms with E-state index < -0.39 is 12.1 Å². The fourth-order valence-corrected chi connectivity index (χ4v) is 0.850. The molecule has 1 atom stereocenters. The van der Waals surface area contributed by atoms with Gasteiger partial charge in [-0.3, -0.25) is 9.78 Å². The van der Waals surface area contributed by atoms with Gasteiger partial charge in [-0.25, -0.2) is 0 Å². The molecule has 0 saturated carbocycles. The van der Waals surface area contributed by atoms with Gasteiger partial charge in [-0.2, -0.15) is 5.26 Å². The summed E-state index contributed by atoms with van der Waals surface area (Å²) in [5.41, 5.74) is 0.445. The lowest BCUT2D eigenvalue weighted by molar-refractivity contribution is -0.144. The summed E-state index contributed by atoms with van der Waals surface area (Å²) in [5, 5.41) is 8.66. The van der Waals surface area contributed by atoms with Crippen LogP contribution in [0.3, 0.4) is 0 Å². The number of carbonyl (C=O) groups excluding carboxylic acids is 1. The number of hydrogen-bond acceptors (Lipinski definition) is 4. The van der Waals surface area contributed by atoms with Crippen LogP contribution in [0.2, 0.25) is 0 Å². The van der Waals surface area contributed by atoms with Gasteiger partial charge >= 0.3 is 5.97 Å². The summed E-state index contributed by atoms with van der Waals surface area (Å²) in [5.74, 6) is -0.489. The zero-order valence-corrected chi connectivity index (χ0v) is 7.10. The second kappa shape index (κ2) is 4.21. The van der Waals surface area contributed by atoms with Crippen molar-refractivity contribution in [3.05, 3.63) is 30.1 Å². The molecular weight excluding hydrogens is 168 g/mol. The highest BCUT2D eigenvalue weighted by molar-refractivity contribution is 5.66. The van der Waals surface area contributed by atoms with E-state index in [-0.39, 0.29) is 0 Å². The van der Waals surface area contributed by atoms with E-state index in [1.54, 1.807) is 24.4 Å². The second-order valence-corrected chi connectivity index (χ2v) is 2.37. The second-order valence-electron chi connectivity index (χ2n) is 2.37. The maximum absolute atomic E-state index is 10.6. The summed E-state index contributed by atoms with van der Waals surface area (Å²) in [6.07, 6.45) is 0.641. The molecule has 0 aliphatic carbocycles. The van der Waals surface area contributed by atoms with E-state index in [9.17, 15) is 4.79 Å². The molecule has 0 saturated heterocycles. The summed E-state index contributed by atoms with van der Waals surface area (Å²) in [6, 6.07) is 6.94. The van der Waals surface area contributed by atoms with Gasteiger partial charge in [0.15, 0.2) is 0 Å². The van der Waals surface area contributed by atoms with E-state index in [1.165, 1.54) is 6.92 Å². The highest BCUT2D eigenvalue weighted by atomic mass is 16.5. The molecule has 1 aromatic rings. The van der Waals surface area contributed by atoms with Crippen LogP contribution in [-0.4, -0.2) is 11.0 Å². The van der Waals surface area contributed by atoms with Crippen LogP contribution in [0.15, 0.2) is 24.4 Å². The fraction of sp³-hybridized carbons (Fsp3) is 0.222. The zero-order chi connectivity index (χ0) is 9.68. The van der Waals surface area contributed by atoms with Gasteiger partial charge < -0.3 is 4.74 Å². The van der Waals surface area contributed by atoms with Crippen molar-refractivity contribution in [2.45, 2.75) is 13.0 Å². The first-order chi connectivity index (χ1) is 6.24. The van der Waals surface area contributed by atoms with Crippen LogP contribution >= 0.6 is 0 Å². The summed E-state index contributed by atoms with van der Waals surface area (Å²) >= 11 is 0. The number of ether oxygens (including phenoxy) is 1.